The summed E-state index contributed by atoms with van der Waals surface area (Å²) in [7, 11) is 0. The quantitative estimate of drug-likeness (QED) is 0.798. The summed E-state index contributed by atoms with van der Waals surface area (Å²) in [4.78, 5) is 14.7. The van der Waals surface area contributed by atoms with Gasteiger partial charge >= 0.3 is 5.97 Å². The van der Waals surface area contributed by atoms with Gasteiger partial charge < -0.3 is 10.4 Å². The number of hydrogen-bond donors (Lipinski definition) is 2. The molecule has 2 rings (SSSR count). The van der Waals surface area contributed by atoms with Gasteiger partial charge in [0.1, 0.15) is 5.82 Å². The third kappa shape index (κ3) is 2.72. The molecule has 2 N–H and O–H groups in total. The highest BCUT2D eigenvalue weighted by molar-refractivity contribution is 5.85. The molecule has 1 aliphatic rings. The molecule has 0 saturated heterocycles. The molecule has 4 heteroatoms. The Bertz CT molecular complexity index is 388. The third-order valence-corrected chi connectivity index (χ3v) is 3.00. The van der Waals surface area contributed by atoms with E-state index in [-0.39, 0.29) is 5.69 Å². The van der Waals surface area contributed by atoms with E-state index in [0.717, 1.165) is 12.5 Å². The summed E-state index contributed by atoms with van der Waals surface area (Å²) in [5.41, 5.74) is 0.0871. The maximum Gasteiger partial charge on any atom is 0.354 e. The first-order chi connectivity index (χ1) is 7.66. The van der Waals surface area contributed by atoms with Gasteiger partial charge in [-0.15, -0.1) is 0 Å². The fraction of sp³-hybridized carbons (Fsp3) is 0.500. The zero-order valence-electron chi connectivity index (χ0n) is 9.31. The van der Waals surface area contributed by atoms with Crippen molar-refractivity contribution in [3.8, 4) is 0 Å². The van der Waals surface area contributed by atoms with Crippen LogP contribution in [-0.4, -0.2) is 22.6 Å². The van der Waals surface area contributed by atoms with Crippen LogP contribution in [0.1, 0.15) is 30.3 Å². The minimum absolute atomic E-state index is 0.0871. The van der Waals surface area contributed by atoms with Crippen LogP contribution < -0.4 is 5.32 Å². The summed E-state index contributed by atoms with van der Waals surface area (Å²) in [6.07, 6.45) is 2.65. The van der Waals surface area contributed by atoms with Crippen molar-refractivity contribution < 1.29 is 9.90 Å². The Balaban J connectivity index is 1.92. The summed E-state index contributed by atoms with van der Waals surface area (Å²) in [6.45, 7) is 3.08. The number of carboxylic acids is 1. The third-order valence-electron chi connectivity index (χ3n) is 3.00. The van der Waals surface area contributed by atoms with Gasteiger partial charge in [0.15, 0.2) is 5.69 Å². The van der Waals surface area contributed by atoms with Crippen molar-refractivity contribution in [3.05, 3.63) is 23.9 Å². The summed E-state index contributed by atoms with van der Waals surface area (Å²) in [6, 6.07) is 5.00. The molecular formula is C12H16N2O2. The lowest BCUT2D eigenvalue weighted by Gasteiger charge is -2.11. The minimum atomic E-state index is -0.987. The summed E-state index contributed by atoms with van der Waals surface area (Å²) >= 11 is 0. The lowest BCUT2D eigenvalue weighted by Crippen LogP contribution is -2.14. The van der Waals surface area contributed by atoms with Crippen LogP contribution in [0, 0.1) is 11.8 Å². The predicted molar refractivity (Wildman–Crippen MR) is 61.6 cm³/mol. The molecule has 1 unspecified atom stereocenters. The molecule has 86 valence electrons. The van der Waals surface area contributed by atoms with Crippen molar-refractivity contribution in [1.29, 1.82) is 0 Å². The molecule has 4 nitrogen and oxygen atoms in total. The maximum absolute atomic E-state index is 10.7. The summed E-state index contributed by atoms with van der Waals surface area (Å²) in [5, 5.41) is 12.0. The van der Waals surface area contributed by atoms with Crippen molar-refractivity contribution in [1.82, 2.24) is 4.98 Å². The van der Waals surface area contributed by atoms with Gasteiger partial charge in [0.05, 0.1) is 0 Å². The van der Waals surface area contributed by atoms with E-state index in [9.17, 15) is 4.79 Å². The Morgan fingerprint density at radius 3 is 3.00 bits per heavy atom. The van der Waals surface area contributed by atoms with Crippen LogP contribution in [0.5, 0.6) is 0 Å². The maximum atomic E-state index is 10.7. The SMILES string of the molecule is CC(CNc1cccc(C(=O)O)n1)C1CC1. The normalized spacial score (nSPS) is 16.8. The smallest absolute Gasteiger partial charge is 0.354 e. The van der Waals surface area contributed by atoms with Gasteiger partial charge in [0.2, 0.25) is 0 Å². The van der Waals surface area contributed by atoms with Crippen molar-refractivity contribution in [3.63, 3.8) is 0 Å². The topological polar surface area (TPSA) is 62.2 Å². The highest BCUT2D eigenvalue weighted by atomic mass is 16.4. The number of aromatic nitrogens is 1. The number of carboxylic acid groups (broad SMARTS) is 1. The van der Waals surface area contributed by atoms with Crippen molar-refractivity contribution in [2.24, 2.45) is 11.8 Å². The van der Waals surface area contributed by atoms with Gasteiger partial charge in [-0.05, 0) is 36.8 Å². The van der Waals surface area contributed by atoms with Crippen molar-refractivity contribution >= 4 is 11.8 Å². The molecule has 16 heavy (non-hydrogen) atoms. The second-order valence-electron chi connectivity index (χ2n) is 4.41. The number of nitrogens with one attached hydrogen (secondary N) is 1. The number of aromatic carboxylic acids is 1. The number of anilines is 1. The first kappa shape index (κ1) is 10.9. The van der Waals surface area contributed by atoms with Crippen LogP contribution >= 0.6 is 0 Å². The van der Waals surface area contributed by atoms with Gasteiger partial charge in [-0.2, -0.15) is 0 Å². The summed E-state index contributed by atoms with van der Waals surface area (Å²) in [5.74, 6) is 1.14. The van der Waals surface area contributed by atoms with Gasteiger partial charge in [-0.25, -0.2) is 9.78 Å². The number of carbonyl (C=O) groups is 1. The molecule has 1 heterocycles. The highest BCUT2D eigenvalue weighted by Gasteiger charge is 2.27. The molecule has 0 bridgehead atoms. The lowest BCUT2D eigenvalue weighted by atomic mass is 10.1. The molecule has 0 aromatic carbocycles. The van der Waals surface area contributed by atoms with E-state index in [0.29, 0.717) is 11.7 Å². The van der Waals surface area contributed by atoms with Crippen LogP contribution in [-0.2, 0) is 0 Å². The largest absolute Gasteiger partial charge is 0.477 e. The molecule has 1 aromatic rings. The van der Waals surface area contributed by atoms with Crippen LogP contribution in [0.3, 0.4) is 0 Å². The number of nitrogens with zero attached hydrogens (tertiary/aromatic N) is 1. The van der Waals surface area contributed by atoms with Gasteiger partial charge in [-0.1, -0.05) is 13.0 Å². The Kier molecular flexibility index (Phi) is 3.08. The number of pyridine rings is 1. The number of hydrogen-bond acceptors (Lipinski definition) is 3. The van der Waals surface area contributed by atoms with E-state index in [4.69, 9.17) is 5.11 Å². The van der Waals surface area contributed by atoms with E-state index < -0.39 is 5.97 Å². The van der Waals surface area contributed by atoms with Crippen LogP contribution in [0.25, 0.3) is 0 Å². The molecular weight excluding hydrogens is 204 g/mol. The Morgan fingerprint density at radius 1 is 1.62 bits per heavy atom. The number of rotatable bonds is 5. The Morgan fingerprint density at radius 2 is 2.38 bits per heavy atom. The van der Waals surface area contributed by atoms with Crippen LogP contribution in [0.2, 0.25) is 0 Å². The zero-order chi connectivity index (χ0) is 11.5. The minimum Gasteiger partial charge on any atom is -0.477 e. The van der Waals surface area contributed by atoms with Gasteiger partial charge in [0, 0.05) is 6.54 Å². The Hall–Kier alpha value is -1.58. The molecule has 0 aliphatic heterocycles. The second kappa shape index (κ2) is 4.51. The molecule has 1 aromatic heterocycles. The fourth-order valence-electron chi connectivity index (χ4n) is 1.75. The fourth-order valence-corrected chi connectivity index (χ4v) is 1.75. The molecule has 1 aliphatic carbocycles. The van der Waals surface area contributed by atoms with E-state index in [2.05, 4.69) is 17.2 Å². The zero-order valence-corrected chi connectivity index (χ0v) is 9.31. The van der Waals surface area contributed by atoms with Crippen molar-refractivity contribution in [2.75, 3.05) is 11.9 Å². The lowest BCUT2D eigenvalue weighted by molar-refractivity contribution is 0.0690. The molecule has 0 spiro atoms. The molecule has 0 amide bonds. The highest BCUT2D eigenvalue weighted by Crippen LogP contribution is 2.36. The Labute approximate surface area is 94.7 Å². The molecule has 1 saturated carbocycles. The predicted octanol–water partition coefficient (Wildman–Crippen LogP) is 2.24. The van der Waals surface area contributed by atoms with Gasteiger partial charge in [0.25, 0.3) is 0 Å². The standard InChI is InChI=1S/C12H16N2O2/c1-8(9-5-6-9)7-13-11-4-2-3-10(14-11)12(15)16/h2-4,8-9H,5-7H2,1H3,(H,13,14)(H,15,16). The molecule has 0 radical (unpaired) electrons. The first-order valence-electron chi connectivity index (χ1n) is 5.61. The monoisotopic (exact) mass is 220 g/mol. The van der Waals surface area contributed by atoms with Gasteiger partial charge in [-0.3, -0.25) is 0 Å². The van der Waals surface area contributed by atoms with E-state index in [1.165, 1.54) is 18.9 Å². The van der Waals surface area contributed by atoms with Crippen molar-refractivity contribution in [2.45, 2.75) is 19.8 Å². The van der Waals surface area contributed by atoms with Crippen LogP contribution in [0.15, 0.2) is 18.2 Å². The second-order valence-corrected chi connectivity index (χ2v) is 4.41. The average Bonchev–Trinajstić information content (AvgIpc) is 3.10. The van der Waals surface area contributed by atoms with E-state index in [1.54, 1.807) is 12.1 Å². The van der Waals surface area contributed by atoms with E-state index >= 15 is 0 Å². The van der Waals surface area contributed by atoms with E-state index in [1.807, 2.05) is 0 Å². The summed E-state index contributed by atoms with van der Waals surface area (Å²) < 4.78 is 0. The first-order valence-corrected chi connectivity index (χ1v) is 5.61. The molecule has 1 atom stereocenters. The average molecular weight is 220 g/mol. The molecule has 1 fully saturated rings. The van der Waals surface area contributed by atoms with Crippen LogP contribution in [0.4, 0.5) is 5.82 Å².